The zero-order valence-electron chi connectivity index (χ0n) is 10.7. The molecule has 1 unspecified atom stereocenters. The Kier molecular flexibility index (Phi) is 4.35. The van der Waals surface area contributed by atoms with Crippen molar-refractivity contribution >= 4 is 39.2 Å². The van der Waals surface area contributed by atoms with Gasteiger partial charge in [-0.1, -0.05) is 39.7 Å². The maximum atomic E-state index is 11.7. The molecule has 5 heteroatoms. The predicted octanol–water partition coefficient (Wildman–Crippen LogP) is 4.51. The van der Waals surface area contributed by atoms with Crippen molar-refractivity contribution in [3.63, 3.8) is 0 Å². The van der Waals surface area contributed by atoms with Crippen molar-refractivity contribution in [2.75, 3.05) is 5.32 Å². The van der Waals surface area contributed by atoms with Gasteiger partial charge in [0.05, 0.1) is 0 Å². The van der Waals surface area contributed by atoms with Crippen LogP contribution in [0.4, 0.5) is 5.69 Å². The third-order valence-corrected chi connectivity index (χ3v) is 3.81. The van der Waals surface area contributed by atoms with Gasteiger partial charge in [0, 0.05) is 15.2 Å². The number of hydrogen-bond acceptors (Lipinski definition) is 2. The van der Waals surface area contributed by atoms with Crippen molar-refractivity contribution in [1.29, 1.82) is 0 Å². The summed E-state index contributed by atoms with van der Waals surface area (Å²) >= 11 is 9.19. The standard InChI is InChI=1S/C15H13BrClNO2/c1-15(14(19)20,10-3-2-4-11(16)9-10)18-13-7-5-12(17)6-8-13/h2-9,18H,1H3,(H,19,20). The molecule has 0 aliphatic heterocycles. The molecule has 3 nitrogen and oxygen atoms in total. The highest BCUT2D eigenvalue weighted by molar-refractivity contribution is 9.10. The summed E-state index contributed by atoms with van der Waals surface area (Å²) in [6.45, 7) is 1.63. The van der Waals surface area contributed by atoms with Gasteiger partial charge < -0.3 is 10.4 Å². The maximum absolute atomic E-state index is 11.7. The lowest BCUT2D eigenvalue weighted by Gasteiger charge is -2.28. The number of nitrogens with one attached hydrogen (secondary N) is 1. The van der Waals surface area contributed by atoms with Crippen LogP contribution in [-0.2, 0) is 10.3 Å². The van der Waals surface area contributed by atoms with Crippen LogP contribution in [0.2, 0.25) is 5.02 Å². The molecule has 20 heavy (non-hydrogen) atoms. The number of benzene rings is 2. The summed E-state index contributed by atoms with van der Waals surface area (Å²) in [5.41, 5.74) is 0.131. The van der Waals surface area contributed by atoms with Gasteiger partial charge in [-0.05, 0) is 48.9 Å². The molecular formula is C15H13BrClNO2. The van der Waals surface area contributed by atoms with Gasteiger partial charge in [0.1, 0.15) is 0 Å². The Bertz CT molecular complexity index is 630. The smallest absolute Gasteiger partial charge is 0.333 e. The Morgan fingerprint density at radius 1 is 1.25 bits per heavy atom. The van der Waals surface area contributed by atoms with Crippen LogP contribution < -0.4 is 5.32 Å². The van der Waals surface area contributed by atoms with Crippen LogP contribution in [0.25, 0.3) is 0 Å². The largest absolute Gasteiger partial charge is 0.479 e. The van der Waals surface area contributed by atoms with E-state index in [9.17, 15) is 9.90 Å². The second kappa shape index (κ2) is 5.85. The topological polar surface area (TPSA) is 49.3 Å². The zero-order chi connectivity index (χ0) is 14.8. The van der Waals surface area contributed by atoms with Crippen molar-refractivity contribution < 1.29 is 9.90 Å². The van der Waals surface area contributed by atoms with Gasteiger partial charge in [0.2, 0.25) is 0 Å². The molecule has 0 aliphatic carbocycles. The Morgan fingerprint density at radius 2 is 1.90 bits per heavy atom. The fraction of sp³-hybridized carbons (Fsp3) is 0.133. The summed E-state index contributed by atoms with van der Waals surface area (Å²) in [7, 11) is 0. The number of aliphatic carboxylic acids is 1. The summed E-state index contributed by atoms with van der Waals surface area (Å²) in [6.07, 6.45) is 0. The summed E-state index contributed by atoms with van der Waals surface area (Å²) in [5, 5.41) is 13.2. The number of carboxylic acid groups (broad SMARTS) is 1. The van der Waals surface area contributed by atoms with E-state index in [2.05, 4.69) is 21.2 Å². The molecule has 0 fully saturated rings. The third kappa shape index (κ3) is 3.14. The molecule has 2 N–H and O–H groups in total. The molecule has 0 spiro atoms. The van der Waals surface area contributed by atoms with E-state index in [0.717, 1.165) is 4.47 Å². The van der Waals surface area contributed by atoms with Crippen LogP contribution in [0.15, 0.2) is 53.0 Å². The van der Waals surface area contributed by atoms with Crippen molar-refractivity contribution in [3.8, 4) is 0 Å². The molecule has 0 radical (unpaired) electrons. The van der Waals surface area contributed by atoms with E-state index in [-0.39, 0.29) is 0 Å². The second-order valence-corrected chi connectivity index (χ2v) is 5.92. The van der Waals surface area contributed by atoms with Crippen molar-refractivity contribution in [1.82, 2.24) is 0 Å². The SMILES string of the molecule is CC(Nc1ccc(Cl)cc1)(C(=O)O)c1cccc(Br)c1. The molecule has 1 atom stereocenters. The minimum Gasteiger partial charge on any atom is -0.479 e. The Morgan fingerprint density at radius 3 is 2.45 bits per heavy atom. The first kappa shape index (κ1) is 14.9. The zero-order valence-corrected chi connectivity index (χ0v) is 13.1. The first-order chi connectivity index (χ1) is 9.41. The average Bonchev–Trinajstić information content (AvgIpc) is 2.41. The van der Waals surface area contributed by atoms with Crippen LogP contribution in [0.3, 0.4) is 0 Å². The minimum absolute atomic E-state index is 0.607. The molecule has 2 aromatic rings. The average molecular weight is 355 g/mol. The van der Waals surface area contributed by atoms with E-state index in [4.69, 9.17) is 11.6 Å². The van der Waals surface area contributed by atoms with Crippen LogP contribution in [-0.4, -0.2) is 11.1 Å². The number of halogens is 2. The number of hydrogen-bond donors (Lipinski definition) is 2. The monoisotopic (exact) mass is 353 g/mol. The van der Waals surface area contributed by atoms with Crippen LogP contribution >= 0.6 is 27.5 Å². The molecule has 0 heterocycles. The van der Waals surface area contributed by atoms with Gasteiger partial charge in [-0.2, -0.15) is 0 Å². The molecular weight excluding hydrogens is 342 g/mol. The summed E-state index contributed by atoms with van der Waals surface area (Å²) in [4.78, 5) is 11.7. The first-order valence-electron chi connectivity index (χ1n) is 5.95. The van der Waals surface area contributed by atoms with Crippen LogP contribution in [0.1, 0.15) is 12.5 Å². The number of rotatable bonds is 4. The lowest BCUT2D eigenvalue weighted by Crippen LogP contribution is -2.40. The summed E-state index contributed by atoms with van der Waals surface area (Å²) in [6, 6.07) is 14.2. The molecule has 0 saturated carbocycles. The van der Waals surface area contributed by atoms with E-state index >= 15 is 0 Å². The molecule has 0 bridgehead atoms. The van der Waals surface area contributed by atoms with Gasteiger partial charge in [-0.25, -0.2) is 4.79 Å². The lowest BCUT2D eigenvalue weighted by molar-refractivity contribution is -0.142. The summed E-state index contributed by atoms with van der Waals surface area (Å²) in [5.74, 6) is -0.953. The van der Waals surface area contributed by atoms with Gasteiger partial charge in [-0.15, -0.1) is 0 Å². The highest BCUT2D eigenvalue weighted by atomic mass is 79.9. The molecule has 104 valence electrons. The summed E-state index contributed by atoms with van der Waals surface area (Å²) < 4.78 is 0.834. The minimum atomic E-state index is -1.22. The fourth-order valence-corrected chi connectivity index (χ4v) is 2.40. The van der Waals surface area contributed by atoms with Gasteiger partial charge in [0.15, 0.2) is 5.54 Å². The molecule has 2 aromatic carbocycles. The van der Waals surface area contributed by atoms with E-state index in [1.807, 2.05) is 12.1 Å². The number of anilines is 1. The van der Waals surface area contributed by atoms with Crippen LogP contribution in [0.5, 0.6) is 0 Å². The Balaban J connectivity index is 2.39. The lowest BCUT2D eigenvalue weighted by atomic mass is 9.91. The van der Waals surface area contributed by atoms with Gasteiger partial charge >= 0.3 is 5.97 Å². The quantitative estimate of drug-likeness (QED) is 0.849. The molecule has 2 rings (SSSR count). The normalized spacial score (nSPS) is 13.6. The molecule has 0 saturated heterocycles. The van der Waals surface area contributed by atoms with Gasteiger partial charge in [-0.3, -0.25) is 0 Å². The van der Waals surface area contributed by atoms with Crippen molar-refractivity contribution in [2.45, 2.75) is 12.5 Å². The van der Waals surface area contributed by atoms with Crippen LogP contribution in [0, 0.1) is 0 Å². The van der Waals surface area contributed by atoms with E-state index in [1.165, 1.54) is 0 Å². The van der Waals surface area contributed by atoms with Crippen molar-refractivity contribution in [3.05, 3.63) is 63.6 Å². The predicted molar refractivity (Wildman–Crippen MR) is 84.2 cm³/mol. The Hall–Kier alpha value is -1.52. The third-order valence-electron chi connectivity index (χ3n) is 3.07. The highest BCUT2D eigenvalue weighted by Crippen LogP contribution is 2.29. The highest BCUT2D eigenvalue weighted by Gasteiger charge is 2.35. The molecule has 0 aliphatic rings. The first-order valence-corrected chi connectivity index (χ1v) is 7.12. The van der Waals surface area contributed by atoms with E-state index < -0.39 is 11.5 Å². The molecule has 0 aromatic heterocycles. The number of carbonyl (C=O) groups is 1. The Labute approximate surface area is 130 Å². The van der Waals surface area contributed by atoms with E-state index in [1.54, 1.807) is 43.3 Å². The fourth-order valence-electron chi connectivity index (χ4n) is 1.87. The van der Waals surface area contributed by atoms with Gasteiger partial charge in [0.25, 0.3) is 0 Å². The maximum Gasteiger partial charge on any atom is 0.333 e. The van der Waals surface area contributed by atoms with Crippen molar-refractivity contribution in [2.24, 2.45) is 0 Å². The number of carboxylic acids is 1. The second-order valence-electron chi connectivity index (χ2n) is 4.57. The molecule has 0 amide bonds. The van der Waals surface area contributed by atoms with E-state index in [0.29, 0.717) is 16.3 Å².